The number of amidine groups is 1. The summed E-state index contributed by atoms with van der Waals surface area (Å²) in [6.07, 6.45) is 6.80. The summed E-state index contributed by atoms with van der Waals surface area (Å²) in [6, 6.07) is 13.0. The normalized spacial score (nSPS) is 17.5. The average Bonchev–Trinajstić information content (AvgIpc) is 3.11. The Labute approximate surface area is 197 Å². The fourth-order valence-corrected chi connectivity index (χ4v) is 4.51. The first-order chi connectivity index (χ1) is 15.1. The summed E-state index contributed by atoms with van der Waals surface area (Å²) in [5, 5.41) is 12.2. The van der Waals surface area contributed by atoms with Crippen LogP contribution in [-0.2, 0) is 11.2 Å². The third-order valence-corrected chi connectivity index (χ3v) is 6.51. The van der Waals surface area contributed by atoms with Gasteiger partial charge in [0.1, 0.15) is 5.75 Å². The molecule has 1 aliphatic heterocycles. The lowest BCUT2D eigenvalue weighted by atomic mass is 10.1. The van der Waals surface area contributed by atoms with E-state index in [0.29, 0.717) is 21.6 Å². The van der Waals surface area contributed by atoms with Crippen molar-refractivity contribution < 1.29 is 9.53 Å². The van der Waals surface area contributed by atoms with E-state index in [1.165, 1.54) is 31.0 Å². The lowest BCUT2D eigenvalue weighted by Crippen LogP contribution is -2.26. The molecule has 164 valence electrons. The molecule has 1 N–H and O–H groups in total. The molecule has 0 aromatic heterocycles. The molecule has 0 unspecified atom stereocenters. The maximum Gasteiger partial charge on any atom is 0.239 e. The molecule has 0 radical (unpaired) electrons. The summed E-state index contributed by atoms with van der Waals surface area (Å²) < 4.78 is 5.74. The number of carbonyl (C=O) groups excluding carboxylic acids is 1. The van der Waals surface area contributed by atoms with Gasteiger partial charge in [-0.1, -0.05) is 67.2 Å². The van der Waals surface area contributed by atoms with Gasteiger partial charge in [-0.2, -0.15) is 5.10 Å². The van der Waals surface area contributed by atoms with Crippen molar-refractivity contribution in [1.29, 1.82) is 0 Å². The van der Waals surface area contributed by atoms with E-state index >= 15 is 0 Å². The number of halogens is 2. The molecule has 2 aromatic carbocycles. The molecule has 0 aliphatic carbocycles. The van der Waals surface area contributed by atoms with Crippen LogP contribution >= 0.6 is 35.0 Å². The Kier molecular flexibility index (Phi) is 9.25. The van der Waals surface area contributed by atoms with E-state index in [4.69, 9.17) is 27.9 Å². The molecule has 1 amide bonds. The number of hydrogen-bond donors (Lipinski definition) is 1. The van der Waals surface area contributed by atoms with E-state index in [-0.39, 0.29) is 11.2 Å². The van der Waals surface area contributed by atoms with Gasteiger partial charge in [0.2, 0.25) is 5.91 Å². The Morgan fingerprint density at radius 1 is 1.10 bits per heavy atom. The molecule has 0 spiro atoms. The van der Waals surface area contributed by atoms with Crippen molar-refractivity contribution in [3.8, 4) is 5.75 Å². The van der Waals surface area contributed by atoms with Gasteiger partial charge in [-0.15, -0.1) is 5.10 Å². The van der Waals surface area contributed by atoms with Gasteiger partial charge in [0, 0.05) is 10.0 Å². The topological polar surface area (TPSA) is 63.1 Å². The van der Waals surface area contributed by atoms with Crippen molar-refractivity contribution in [2.24, 2.45) is 10.2 Å². The van der Waals surface area contributed by atoms with E-state index in [1.54, 1.807) is 24.4 Å². The van der Waals surface area contributed by atoms with Crippen molar-refractivity contribution in [1.82, 2.24) is 5.32 Å². The van der Waals surface area contributed by atoms with E-state index in [0.717, 1.165) is 29.9 Å². The number of nitrogens with one attached hydrogen (secondary N) is 1. The molecule has 1 aliphatic rings. The van der Waals surface area contributed by atoms with Gasteiger partial charge in [-0.05, 0) is 60.4 Å². The second kappa shape index (κ2) is 12.1. The Balaban J connectivity index is 1.51. The Morgan fingerprint density at radius 2 is 1.84 bits per heavy atom. The minimum atomic E-state index is -0.347. The van der Waals surface area contributed by atoms with Gasteiger partial charge in [0.25, 0.3) is 0 Å². The van der Waals surface area contributed by atoms with E-state index in [2.05, 4.69) is 22.4 Å². The fourth-order valence-electron chi connectivity index (χ4n) is 3.02. The summed E-state index contributed by atoms with van der Waals surface area (Å²) in [6.45, 7) is 2.93. The van der Waals surface area contributed by atoms with Crippen molar-refractivity contribution in [2.45, 2.75) is 44.3 Å². The predicted molar refractivity (Wildman–Crippen MR) is 131 cm³/mol. The molecule has 0 saturated carbocycles. The number of benzene rings is 2. The zero-order valence-electron chi connectivity index (χ0n) is 17.3. The molecule has 0 bridgehead atoms. The highest BCUT2D eigenvalue weighted by atomic mass is 35.5. The van der Waals surface area contributed by atoms with Crippen molar-refractivity contribution in [3.05, 3.63) is 63.6 Å². The highest BCUT2D eigenvalue weighted by Gasteiger charge is 2.31. The molecule has 8 heteroatoms. The van der Waals surface area contributed by atoms with Crippen LogP contribution in [0.5, 0.6) is 5.75 Å². The van der Waals surface area contributed by atoms with Gasteiger partial charge >= 0.3 is 0 Å². The van der Waals surface area contributed by atoms with E-state index < -0.39 is 0 Å². The zero-order chi connectivity index (χ0) is 22.1. The van der Waals surface area contributed by atoms with Crippen molar-refractivity contribution >= 4 is 52.3 Å². The first-order valence-corrected chi connectivity index (χ1v) is 11.9. The summed E-state index contributed by atoms with van der Waals surface area (Å²) >= 11 is 13.8. The number of thioether (sulfide) groups is 1. The van der Waals surface area contributed by atoms with Crippen LogP contribution in [0.1, 0.15) is 43.7 Å². The number of rotatable bonds is 10. The van der Waals surface area contributed by atoms with Crippen LogP contribution in [0.4, 0.5) is 0 Å². The molecular formula is C23H25Cl2N3O2S. The van der Waals surface area contributed by atoms with Gasteiger partial charge in [0.05, 0.1) is 18.1 Å². The smallest absolute Gasteiger partial charge is 0.239 e. The standard InChI is InChI=1S/C23H25Cl2N3O2S/c1-2-3-4-5-13-30-17-11-9-16(10-12-17)15-26-28-23-27-22(29)21(31-23)14-18-19(24)7-6-8-20(18)25/h6-12,15,21H,2-5,13-14H2,1H3,(H,27,28,29)/b26-15-/t21-/m0/s1. The number of ether oxygens (including phenoxy) is 1. The second-order valence-corrected chi connectivity index (χ2v) is 9.13. The quantitative estimate of drug-likeness (QED) is 0.254. The average molecular weight is 478 g/mol. The van der Waals surface area contributed by atoms with Gasteiger partial charge in [-0.25, -0.2) is 0 Å². The molecule has 2 aromatic rings. The highest BCUT2D eigenvalue weighted by molar-refractivity contribution is 8.15. The fraction of sp³-hybridized carbons (Fsp3) is 0.348. The number of carbonyl (C=O) groups is 1. The lowest BCUT2D eigenvalue weighted by molar-refractivity contribution is -0.118. The third-order valence-electron chi connectivity index (χ3n) is 4.73. The minimum Gasteiger partial charge on any atom is -0.494 e. The maximum absolute atomic E-state index is 12.3. The van der Waals surface area contributed by atoms with Gasteiger partial charge in [-0.3, -0.25) is 4.79 Å². The largest absolute Gasteiger partial charge is 0.494 e. The molecule has 5 nitrogen and oxygen atoms in total. The monoisotopic (exact) mass is 477 g/mol. The Morgan fingerprint density at radius 3 is 2.55 bits per heavy atom. The van der Waals surface area contributed by atoms with Gasteiger partial charge in [0.15, 0.2) is 5.17 Å². The zero-order valence-corrected chi connectivity index (χ0v) is 19.6. The van der Waals surface area contributed by atoms with Crippen LogP contribution in [0, 0.1) is 0 Å². The number of nitrogens with zero attached hydrogens (tertiary/aromatic N) is 2. The number of hydrogen-bond acceptors (Lipinski definition) is 5. The summed E-state index contributed by atoms with van der Waals surface area (Å²) in [4.78, 5) is 12.3. The first kappa shape index (κ1) is 23.6. The van der Waals surface area contributed by atoms with E-state index in [9.17, 15) is 4.79 Å². The van der Waals surface area contributed by atoms with Crippen LogP contribution in [-0.4, -0.2) is 29.1 Å². The lowest BCUT2D eigenvalue weighted by Gasteiger charge is -2.09. The summed E-state index contributed by atoms with van der Waals surface area (Å²) in [7, 11) is 0. The van der Waals surface area contributed by atoms with Crippen LogP contribution < -0.4 is 10.1 Å². The van der Waals surface area contributed by atoms with Crippen LogP contribution in [0.25, 0.3) is 0 Å². The summed E-state index contributed by atoms with van der Waals surface area (Å²) in [5.41, 5.74) is 1.66. The summed E-state index contributed by atoms with van der Waals surface area (Å²) in [5.74, 6) is 0.718. The van der Waals surface area contributed by atoms with Crippen LogP contribution in [0.15, 0.2) is 52.7 Å². The van der Waals surface area contributed by atoms with Gasteiger partial charge < -0.3 is 10.1 Å². The minimum absolute atomic E-state index is 0.129. The molecule has 1 atom stereocenters. The first-order valence-electron chi connectivity index (χ1n) is 10.3. The molecule has 1 heterocycles. The van der Waals surface area contributed by atoms with Crippen molar-refractivity contribution in [3.63, 3.8) is 0 Å². The molecule has 1 saturated heterocycles. The van der Waals surface area contributed by atoms with Crippen LogP contribution in [0.2, 0.25) is 10.0 Å². The number of amides is 1. The van der Waals surface area contributed by atoms with Crippen molar-refractivity contribution in [2.75, 3.05) is 6.61 Å². The molecule has 1 fully saturated rings. The highest BCUT2D eigenvalue weighted by Crippen LogP contribution is 2.30. The predicted octanol–water partition coefficient (Wildman–Crippen LogP) is 6.12. The number of unbranched alkanes of at least 4 members (excludes halogenated alkanes) is 3. The molecule has 3 rings (SSSR count). The van der Waals surface area contributed by atoms with Crippen LogP contribution in [0.3, 0.4) is 0 Å². The second-order valence-electron chi connectivity index (χ2n) is 7.13. The SMILES string of the molecule is CCCCCCOc1ccc(/C=N\N=C2/NC(=O)[C@H](Cc3c(Cl)cccc3Cl)S2)cc1. The molecule has 31 heavy (non-hydrogen) atoms. The maximum atomic E-state index is 12.3. The third kappa shape index (κ3) is 7.27. The Hall–Kier alpha value is -2.02. The van der Waals surface area contributed by atoms with E-state index in [1.807, 2.05) is 24.3 Å². The molecular weight excluding hydrogens is 453 g/mol. The Bertz CT molecular complexity index is 928.